The first-order chi connectivity index (χ1) is 9.24. The molecule has 0 aliphatic heterocycles. The molecule has 96 valence electrons. The second kappa shape index (κ2) is 4.76. The molecule has 2 heterocycles. The Balaban J connectivity index is 1.83. The summed E-state index contributed by atoms with van der Waals surface area (Å²) in [6.07, 6.45) is 4.14. The third-order valence-corrected chi connectivity index (χ3v) is 3.45. The van der Waals surface area contributed by atoms with Gasteiger partial charge in [-0.25, -0.2) is 4.98 Å². The number of fused-ring (bicyclic) bond motifs is 1. The number of aromatic nitrogens is 2. The molecule has 0 atom stereocenters. The highest BCUT2D eigenvalue weighted by atomic mass is 15.1. The highest BCUT2D eigenvalue weighted by Crippen LogP contribution is 2.16. The predicted molar refractivity (Wildman–Crippen MR) is 78.2 cm³/mol. The molecule has 2 aromatic heterocycles. The van der Waals surface area contributed by atoms with E-state index >= 15 is 0 Å². The lowest BCUT2D eigenvalue weighted by atomic mass is 10.1. The molecule has 0 aliphatic carbocycles. The maximum absolute atomic E-state index is 6.01. The molecule has 2 N–H and O–H groups in total. The van der Waals surface area contributed by atoms with E-state index in [1.807, 2.05) is 23.5 Å². The van der Waals surface area contributed by atoms with Gasteiger partial charge in [0.25, 0.3) is 0 Å². The zero-order valence-electron chi connectivity index (χ0n) is 11.0. The summed E-state index contributed by atoms with van der Waals surface area (Å²) in [6.45, 7) is 1.94. The monoisotopic (exact) mass is 251 g/mol. The summed E-state index contributed by atoms with van der Waals surface area (Å²) in [7, 11) is 0. The van der Waals surface area contributed by atoms with Crippen molar-refractivity contribution in [2.75, 3.05) is 5.73 Å². The van der Waals surface area contributed by atoms with Crippen molar-refractivity contribution >= 4 is 11.5 Å². The summed E-state index contributed by atoms with van der Waals surface area (Å²) in [5.74, 6) is 0.733. The van der Waals surface area contributed by atoms with Crippen molar-refractivity contribution in [3.8, 4) is 0 Å². The summed E-state index contributed by atoms with van der Waals surface area (Å²) in [6, 6.07) is 14.7. The second-order valence-corrected chi connectivity index (χ2v) is 4.83. The number of hydrogen-bond donors (Lipinski definition) is 1. The van der Waals surface area contributed by atoms with Crippen LogP contribution in [0.5, 0.6) is 0 Å². The van der Waals surface area contributed by atoms with Gasteiger partial charge in [0.15, 0.2) is 0 Å². The first kappa shape index (κ1) is 11.8. The summed E-state index contributed by atoms with van der Waals surface area (Å²) >= 11 is 0. The van der Waals surface area contributed by atoms with Crippen molar-refractivity contribution in [3.63, 3.8) is 0 Å². The molecular formula is C16H17N3. The zero-order chi connectivity index (χ0) is 13.2. The molecule has 19 heavy (non-hydrogen) atoms. The first-order valence-electron chi connectivity index (χ1n) is 6.51. The third kappa shape index (κ3) is 2.32. The molecule has 0 bridgehead atoms. The molecule has 0 amide bonds. The normalized spacial score (nSPS) is 11.0. The summed E-state index contributed by atoms with van der Waals surface area (Å²) < 4.78 is 1.97. The van der Waals surface area contributed by atoms with Gasteiger partial charge in [0, 0.05) is 6.20 Å². The van der Waals surface area contributed by atoms with Crippen molar-refractivity contribution < 1.29 is 0 Å². The van der Waals surface area contributed by atoms with Crippen LogP contribution in [0.4, 0.5) is 5.82 Å². The quantitative estimate of drug-likeness (QED) is 0.777. The highest BCUT2D eigenvalue weighted by molar-refractivity contribution is 5.52. The number of imidazole rings is 1. The minimum absolute atomic E-state index is 0.733. The fraction of sp³-hybridized carbons (Fsp3) is 0.188. The molecule has 3 rings (SSSR count). The minimum Gasteiger partial charge on any atom is -0.383 e. The van der Waals surface area contributed by atoms with E-state index in [1.165, 1.54) is 11.1 Å². The molecule has 0 saturated heterocycles. The molecule has 0 saturated carbocycles. The lowest BCUT2D eigenvalue weighted by molar-refractivity contribution is 0.944. The lowest BCUT2D eigenvalue weighted by Gasteiger charge is -2.04. The second-order valence-electron chi connectivity index (χ2n) is 4.83. The Bertz CT molecular complexity index is 699. The Morgan fingerprint density at radius 2 is 1.74 bits per heavy atom. The maximum Gasteiger partial charge on any atom is 0.138 e. The van der Waals surface area contributed by atoms with Crippen LogP contribution in [0.2, 0.25) is 0 Å². The number of pyridine rings is 1. The number of nitrogens with zero attached hydrogens (tertiary/aromatic N) is 2. The minimum atomic E-state index is 0.733. The number of nitrogens with two attached hydrogens (primary N) is 1. The van der Waals surface area contributed by atoms with Crippen LogP contribution in [-0.2, 0) is 12.8 Å². The van der Waals surface area contributed by atoms with E-state index in [1.54, 1.807) is 0 Å². The Morgan fingerprint density at radius 3 is 2.53 bits per heavy atom. The largest absolute Gasteiger partial charge is 0.383 e. The van der Waals surface area contributed by atoms with Gasteiger partial charge in [0.1, 0.15) is 11.5 Å². The van der Waals surface area contributed by atoms with Crippen molar-refractivity contribution in [2.45, 2.75) is 19.8 Å². The molecule has 1 aromatic carbocycles. The van der Waals surface area contributed by atoms with E-state index < -0.39 is 0 Å². The number of nitrogen functional groups attached to an aromatic ring is 1. The first-order valence-corrected chi connectivity index (χ1v) is 6.51. The van der Waals surface area contributed by atoms with Crippen LogP contribution in [0.3, 0.4) is 0 Å². The molecule has 0 unspecified atom stereocenters. The number of benzene rings is 1. The van der Waals surface area contributed by atoms with Gasteiger partial charge >= 0.3 is 0 Å². The Hall–Kier alpha value is -2.29. The standard InChI is InChI=1S/C16H17N3/c1-12-16(17)19-11-14(9-10-15(19)18-12)8-7-13-5-3-2-4-6-13/h2-6,9-11H,7-8,17H2,1H3. The molecule has 3 aromatic rings. The highest BCUT2D eigenvalue weighted by Gasteiger charge is 2.05. The van der Waals surface area contributed by atoms with E-state index in [2.05, 4.69) is 41.5 Å². The van der Waals surface area contributed by atoms with Crippen LogP contribution in [0.15, 0.2) is 48.7 Å². The van der Waals surface area contributed by atoms with Crippen LogP contribution in [0.25, 0.3) is 5.65 Å². The van der Waals surface area contributed by atoms with E-state index in [4.69, 9.17) is 5.73 Å². The van der Waals surface area contributed by atoms with Crippen LogP contribution in [0.1, 0.15) is 16.8 Å². The van der Waals surface area contributed by atoms with Gasteiger partial charge in [-0.15, -0.1) is 0 Å². The fourth-order valence-corrected chi connectivity index (χ4v) is 2.31. The molecule has 0 aliphatic rings. The van der Waals surface area contributed by atoms with Crippen LogP contribution in [-0.4, -0.2) is 9.38 Å². The molecule has 0 fully saturated rings. The zero-order valence-corrected chi connectivity index (χ0v) is 11.0. The average Bonchev–Trinajstić information content (AvgIpc) is 2.73. The van der Waals surface area contributed by atoms with Crippen molar-refractivity contribution in [1.82, 2.24) is 9.38 Å². The fourth-order valence-electron chi connectivity index (χ4n) is 2.31. The van der Waals surface area contributed by atoms with Gasteiger partial charge in [-0.1, -0.05) is 36.4 Å². The molecule has 3 nitrogen and oxygen atoms in total. The Morgan fingerprint density at radius 1 is 1.00 bits per heavy atom. The Labute approximate surface area is 112 Å². The summed E-state index contributed by atoms with van der Waals surface area (Å²) in [4.78, 5) is 4.41. The van der Waals surface area contributed by atoms with Gasteiger partial charge < -0.3 is 5.73 Å². The smallest absolute Gasteiger partial charge is 0.138 e. The number of anilines is 1. The predicted octanol–water partition coefficient (Wildman–Crippen LogP) is 3.01. The van der Waals surface area contributed by atoms with Crippen molar-refractivity contribution in [1.29, 1.82) is 0 Å². The number of aryl methyl sites for hydroxylation is 3. The van der Waals surface area contributed by atoms with Gasteiger partial charge in [0.05, 0.1) is 5.69 Å². The topological polar surface area (TPSA) is 43.3 Å². The van der Waals surface area contributed by atoms with Gasteiger partial charge in [-0.05, 0) is 37.0 Å². The van der Waals surface area contributed by atoms with E-state index in [0.29, 0.717) is 0 Å². The third-order valence-electron chi connectivity index (χ3n) is 3.45. The van der Waals surface area contributed by atoms with Crippen LogP contribution in [0, 0.1) is 6.92 Å². The number of rotatable bonds is 3. The van der Waals surface area contributed by atoms with Gasteiger partial charge in [-0.2, -0.15) is 0 Å². The SMILES string of the molecule is Cc1nc2ccc(CCc3ccccc3)cn2c1N. The van der Waals surface area contributed by atoms with Gasteiger partial charge in [-0.3, -0.25) is 4.40 Å². The van der Waals surface area contributed by atoms with Crippen LogP contribution < -0.4 is 5.73 Å². The van der Waals surface area contributed by atoms with E-state index in [0.717, 1.165) is 30.0 Å². The van der Waals surface area contributed by atoms with Gasteiger partial charge in [0.2, 0.25) is 0 Å². The summed E-state index contributed by atoms with van der Waals surface area (Å²) in [5.41, 5.74) is 10.5. The van der Waals surface area contributed by atoms with E-state index in [-0.39, 0.29) is 0 Å². The molecule has 0 radical (unpaired) electrons. The maximum atomic E-state index is 6.01. The Kier molecular flexibility index (Phi) is 2.95. The van der Waals surface area contributed by atoms with Crippen molar-refractivity contribution in [3.05, 3.63) is 65.5 Å². The lowest BCUT2D eigenvalue weighted by Crippen LogP contribution is -1.97. The van der Waals surface area contributed by atoms with Crippen LogP contribution >= 0.6 is 0 Å². The molecular weight excluding hydrogens is 234 g/mol. The average molecular weight is 251 g/mol. The molecule has 3 heteroatoms. The molecule has 0 spiro atoms. The number of hydrogen-bond acceptors (Lipinski definition) is 2. The van der Waals surface area contributed by atoms with Crippen molar-refractivity contribution in [2.24, 2.45) is 0 Å². The van der Waals surface area contributed by atoms with E-state index in [9.17, 15) is 0 Å². The summed E-state index contributed by atoms with van der Waals surface area (Å²) in [5, 5.41) is 0.